The first-order valence-electron chi connectivity index (χ1n) is 6.10. The molecule has 0 aliphatic rings. The zero-order valence-corrected chi connectivity index (χ0v) is 13.1. The molecule has 0 amide bonds. The molecule has 0 aliphatic heterocycles. The highest BCUT2D eigenvalue weighted by Crippen LogP contribution is 2.23. The van der Waals surface area contributed by atoms with Gasteiger partial charge in [0.1, 0.15) is 6.04 Å². The van der Waals surface area contributed by atoms with Crippen LogP contribution in [-0.4, -0.2) is 24.0 Å². The fourth-order valence-corrected chi connectivity index (χ4v) is 2.24. The SMILES string of the molecule is COC(=O)C(NCc1ccc([N+](=O)[O-])cc1Br)C(C)C. The van der Waals surface area contributed by atoms with Gasteiger partial charge in [-0.2, -0.15) is 0 Å². The van der Waals surface area contributed by atoms with Crippen molar-refractivity contribution in [3.8, 4) is 0 Å². The molecule has 20 heavy (non-hydrogen) atoms. The highest BCUT2D eigenvalue weighted by atomic mass is 79.9. The number of carbonyl (C=O) groups excluding carboxylic acids is 1. The number of nitro groups is 1. The van der Waals surface area contributed by atoms with Gasteiger partial charge in [0.15, 0.2) is 0 Å². The quantitative estimate of drug-likeness (QED) is 0.487. The van der Waals surface area contributed by atoms with Crippen molar-refractivity contribution in [1.82, 2.24) is 5.32 Å². The van der Waals surface area contributed by atoms with Crippen LogP contribution < -0.4 is 5.32 Å². The average molecular weight is 345 g/mol. The van der Waals surface area contributed by atoms with E-state index in [0.29, 0.717) is 11.0 Å². The van der Waals surface area contributed by atoms with Gasteiger partial charge in [0.05, 0.1) is 12.0 Å². The van der Waals surface area contributed by atoms with Gasteiger partial charge in [-0.15, -0.1) is 0 Å². The predicted molar refractivity (Wildman–Crippen MR) is 78.3 cm³/mol. The van der Waals surface area contributed by atoms with E-state index in [4.69, 9.17) is 4.74 Å². The van der Waals surface area contributed by atoms with Gasteiger partial charge in [0, 0.05) is 23.2 Å². The number of methoxy groups -OCH3 is 1. The molecule has 0 aliphatic carbocycles. The number of carbonyl (C=O) groups is 1. The fraction of sp³-hybridized carbons (Fsp3) is 0.462. The summed E-state index contributed by atoms with van der Waals surface area (Å²) >= 11 is 3.30. The van der Waals surface area contributed by atoms with Crippen LogP contribution in [0.5, 0.6) is 0 Å². The molecule has 0 spiro atoms. The molecule has 1 aromatic rings. The number of nitro benzene ring substituents is 1. The Labute approximate surface area is 125 Å². The number of benzene rings is 1. The molecule has 1 atom stereocenters. The molecule has 0 saturated heterocycles. The van der Waals surface area contributed by atoms with Gasteiger partial charge in [0.25, 0.3) is 5.69 Å². The molecule has 0 bridgehead atoms. The van der Waals surface area contributed by atoms with Crippen molar-refractivity contribution < 1.29 is 14.5 Å². The lowest BCUT2D eigenvalue weighted by Gasteiger charge is -2.20. The van der Waals surface area contributed by atoms with Crippen molar-refractivity contribution in [3.05, 3.63) is 38.3 Å². The Balaban J connectivity index is 2.78. The number of rotatable bonds is 6. The maximum atomic E-state index is 11.6. The molecular formula is C13H17BrN2O4. The van der Waals surface area contributed by atoms with Gasteiger partial charge < -0.3 is 10.1 Å². The molecule has 0 aromatic heterocycles. The highest BCUT2D eigenvalue weighted by molar-refractivity contribution is 9.10. The molecule has 1 aromatic carbocycles. The molecular weight excluding hydrogens is 328 g/mol. The van der Waals surface area contributed by atoms with Crippen LogP contribution in [0.15, 0.2) is 22.7 Å². The third-order valence-electron chi connectivity index (χ3n) is 2.88. The van der Waals surface area contributed by atoms with Crippen LogP contribution in [0.25, 0.3) is 0 Å². The number of halogens is 1. The summed E-state index contributed by atoms with van der Waals surface area (Å²) in [5, 5.41) is 13.8. The van der Waals surface area contributed by atoms with Crippen molar-refractivity contribution in [2.45, 2.75) is 26.4 Å². The number of hydrogen-bond donors (Lipinski definition) is 1. The van der Waals surface area contributed by atoms with Crippen molar-refractivity contribution in [2.75, 3.05) is 7.11 Å². The van der Waals surface area contributed by atoms with E-state index in [-0.39, 0.29) is 17.6 Å². The normalized spacial score (nSPS) is 12.2. The summed E-state index contributed by atoms with van der Waals surface area (Å²) < 4.78 is 5.37. The van der Waals surface area contributed by atoms with Gasteiger partial charge >= 0.3 is 5.97 Å². The second-order valence-electron chi connectivity index (χ2n) is 4.66. The molecule has 1 N–H and O–H groups in total. The van der Waals surface area contributed by atoms with Crippen LogP contribution in [0.3, 0.4) is 0 Å². The molecule has 0 radical (unpaired) electrons. The summed E-state index contributed by atoms with van der Waals surface area (Å²) in [6.07, 6.45) is 0. The monoisotopic (exact) mass is 344 g/mol. The minimum absolute atomic E-state index is 0.0222. The summed E-state index contributed by atoms with van der Waals surface area (Å²) in [6, 6.07) is 4.12. The van der Waals surface area contributed by atoms with E-state index in [2.05, 4.69) is 21.2 Å². The molecule has 0 fully saturated rings. The first kappa shape index (κ1) is 16.6. The third kappa shape index (κ3) is 4.28. The van der Waals surface area contributed by atoms with Crippen LogP contribution in [0, 0.1) is 16.0 Å². The van der Waals surface area contributed by atoms with Gasteiger partial charge in [-0.3, -0.25) is 14.9 Å². The summed E-state index contributed by atoms with van der Waals surface area (Å²) in [5.41, 5.74) is 0.860. The van der Waals surface area contributed by atoms with Crippen LogP contribution in [-0.2, 0) is 16.1 Å². The largest absolute Gasteiger partial charge is 0.468 e. The van der Waals surface area contributed by atoms with E-state index >= 15 is 0 Å². The van der Waals surface area contributed by atoms with E-state index in [1.807, 2.05) is 13.8 Å². The topological polar surface area (TPSA) is 81.5 Å². The summed E-state index contributed by atoms with van der Waals surface area (Å²) in [4.78, 5) is 21.8. The maximum absolute atomic E-state index is 11.6. The molecule has 0 heterocycles. The molecule has 110 valence electrons. The zero-order valence-electron chi connectivity index (χ0n) is 11.6. The lowest BCUT2D eigenvalue weighted by Crippen LogP contribution is -2.41. The summed E-state index contributed by atoms with van der Waals surface area (Å²) in [5.74, 6) is -0.239. The van der Waals surface area contributed by atoms with E-state index in [0.717, 1.165) is 5.56 Å². The predicted octanol–water partition coefficient (Wildman–Crippen LogP) is 2.64. The van der Waals surface area contributed by atoms with Crippen molar-refractivity contribution in [1.29, 1.82) is 0 Å². The van der Waals surface area contributed by atoms with Gasteiger partial charge in [0.2, 0.25) is 0 Å². The van der Waals surface area contributed by atoms with E-state index in [1.165, 1.54) is 19.2 Å². The highest BCUT2D eigenvalue weighted by Gasteiger charge is 2.22. The Morgan fingerprint density at radius 3 is 2.60 bits per heavy atom. The lowest BCUT2D eigenvalue weighted by molar-refractivity contribution is -0.384. The van der Waals surface area contributed by atoms with Crippen molar-refractivity contribution >= 4 is 27.6 Å². The fourth-order valence-electron chi connectivity index (χ4n) is 1.73. The minimum atomic E-state index is -0.451. The molecule has 1 rings (SSSR count). The summed E-state index contributed by atoms with van der Waals surface area (Å²) in [6.45, 7) is 4.25. The number of hydrogen-bond acceptors (Lipinski definition) is 5. The van der Waals surface area contributed by atoms with Crippen LogP contribution in [0.4, 0.5) is 5.69 Å². The first-order valence-corrected chi connectivity index (χ1v) is 6.90. The molecule has 7 heteroatoms. The van der Waals surface area contributed by atoms with Gasteiger partial charge in [-0.1, -0.05) is 29.8 Å². The Hall–Kier alpha value is -1.47. The minimum Gasteiger partial charge on any atom is -0.468 e. The lowest BCUT2D eigenvalue weighted by atomic mass is 10.0. The van der Waals surface area contributed by atoms with Crippen LogP contribution in [0.2, 0.25) is 0 Å². The number of nitrogens with zero attached hydrogens (tertiary/aromatic N) is 1. The smallest absolute Gasteiger partial charge is 0.323 e. The van der Waals surface area contributed by atoms with E-state index in [1.54, 1.807) is 6.07 Å². The van der Waals surface area contributed by atoms with Crippen LogP contribution in [0.1, 0.15) is 19.4 Å². The average Bonchev–Trinajstić information content (AvgIpc) is 2.39. The zero-order chi connectivity index (χ0) is 15.3. The Morgan fingerprint density at radius 2 is 2.15 bits per heavy atom. The van der Waals surface area contributed by atoms with Crippen molar-refractivity contribution in [3.63, 3.8) is 0 Å². The van der Waals surface area contributed by atoms with Crippen molar-refractivity contribution in [2.24, 2.45) is 5.92 Å². The molecule has 0 saturated carbocycles. The second kappa shape index (κ2) is 7.35. The maximum Gasteiger partial charge on any atom is 0.323 e. The third-order valence-corrected chi connectivity index (χ3v) is 3.62. The molecule has 1 unspecified atom stereocenters. The Morgan fingerprint density at radius 1 is 1.50 bits per heavy atom. The van der Waals surface area contributed by atoms with E-state index in [9.17, 15) is 14.9 Å². The Kier molecular flexibility index (Phi) is 6.09. The van der Waals surface area contributed by atoms with Gasteiger partial charge in [-0.25, -0.2) is 0 Å². The molecule has 6 nitrogen and oxygen atoms in total. The van der Waals surface area contributed by atoms with Crippen LogP contribution >= 0.6 is 15.9 Å². The Bertz CT molecular complexity index is 505. The second-order valence-corrected chi connectivity index (χ2v) is 5.51. The first-order chi connectivity index (χ1) is 9.36. The number of esters is 1. The number of ether oxygens (including phenoxy) is 1. The number of non-ortho nitro benzene ring substituents is 1. The number of nitrogens with one attached hydrogen (secondary N) is 1. The standard InChI is InChI=1S/C13H17BrN2O4/c1-8(2)12(13(17)20-3)15-7-9-4-5-10(16(18)19)6-11(9)14/h4-6,8,12,15H,7H2,1-3H3. The summed E-state index contributed by atoms with van der Waals surface area (Å²) in [7, 11) is 1.35. The van der Waals surface area contributed by atoms with Gasteiger partial charge in [-0.05, 0) is 17.5 Å². The van der Waals surface area contributed by atoms with E-state index < -0.39 is 11.0 Å².